The molecule has 4 aromatic rings. The van der Waals surface area contributed by atoms with Crippen LogP contribution in [-0.2, 0) is 6.42 Å². The first-order chi connectivity index (χ1) is 12.2. The average molecular weight is 333 g/mol. The molecular weight excluding hydrogens is 317 g/mol. The van der Waals surface area contributed by atoms with Crippen LogP contribution in [0.3, 0.4) is 0 Å². The molecule has 2 aromatic heterocycles. The Bertz CT molecular complexity index is 1020. The number of fused-ring (bicyclic) bond motifs is 1. The Balaban J connectivity index is 1.73. The molecule has 25 heavy (non-hydrogen) atoms. The lowest BCUT2D eigenvalue weighted by Gasteiger charge is -2.07. The van der Waals surface area contributed by atoms with E-state index in [1.54, 1.807) is 23.0 Å². The van der Waals surface area contributed by atoms with E-state index in [0.717, 1.165) is 17.5 Å². The summed E-state index contributed by atoms with van der Waals surface area (Å²) in [6.45, 7) is 2.12. The second-order valence-electron chi connectivity index (χ2n) is 5.67. The van der Waals surface area contributed by atoms with E-state index in [9.17, 15) is 4.39 Å². The van der Waals surface area contributed by atoms with Crippen LogP contribution in [0.25, 0.3) is 16.7 Å². The fourth-order valence-electron chi connectivity index (χ4n) is 2.70. The Morgan fingerprint density at radius 3 is 2.68 bits per heavy atom. The fraction of sp³-hybridized carbons (Fsp3) is 0.105. The van der Waals surface area contributed by atoms with Gasteiger partial charge in [0.25, 0.3) is 0 Å². The topological polar surface area (TPSA) is 55.6 Å². The first kappa shape index (κ1) is 15.3. The molecule has 0 amide bonds. The molecule has 0 aliphatic rings. The molecule has 0 radical (unpaired) electrons. The van der Waals surface area contributed by atoms with Crippen molar-refractivity contribution in [3.8, 4) is 5.69 Å². The summed E-state index contributed by atoms with van der Waals surface area (Å²) in [6.07, 6.45) is 4.16. The van der Waals surface area contributed by atoms with Gasteiger partial charge in [0, 0.05) is 5.69 Å². The number of nitrogens with zero attached hydrogens (tertiary/aromatic N) is 4. The van der Waals surface area contributed by atoms with Gasteiger partial charge in [-0.1, -0.05) is 25.1 Å². The smallest absolute Gasteiger partial charge is 0.168 e. The number of benzene rings is 2. The van der Waals surface area contributed by atoms with E-state index in [1.165, 1.54) is 24.0 Å². The van der Waals surface area contributed by atoms with E-state index in [4.69, 9.17) is 0 Å². The predicted molar refractivity (Wildman–Crippen MR) is 95.7 cm³/mol. The number of aryl methyl sites for hydroxylation is 1. The molecule has 4 rings (SSSR count). The van der Waals surface area contributed by atoms with Gasteiger partial charge >= 0.3 is 0 Å². The first-order valence-corrected chi connectivity index (χ1v) is 8.05. The van der Waals surface area contributed by atoms with Crippen LogP contribution in [0.4, 0.5) is 15.9 Å². The minimum Gasteiger partial charge on any atom is -0.340 e. The third-order valence-electron chi connectivity index (χ3n) is 4.04. The Kier molecular flexibility index (Phi) is 3.85. The molecule has 0 bridgehead atoms. The summed E-state index contributed by atoms with van der Waals surface area (Å²) < 4.78 is 15.1. The highest BCUT2D eigenvalue weighted by Gasteiger charge is 2.11. The van der Waals surface area contributed by atoms with Crippen molar-refractivity contribution in [3.63, 3.8) is 0 Å². The van der Waals surface area contributed by atoms with Crippen LogP contribution in [-0.4, -0.2) is 19.7 Å². The number of anilines is 2. The number of hydrogen-bond donors (Lipinski definition) is 1. The Hall–Kier alpha value is -3.28. The highest BCUT2D eigenvalue weighted by atomic mass is 19.1. The number of nitrogens with one attached hydrogen (secondary N) is 1. The molecule has 0 saturated carbocycles. The molecule has 124 valence electrons. The van der Waals surface area contributed by atoms with Gasteiger partial charge in [0.15, 0.2) is 5.65 Å². The Labute approximate surface area is 144 Å². The van der Waals surface area contributed by atoms with E-state index in [2.05, 4.69) is 39.4 Å². The Morgan fingerprint density at radius 2 is 1.92 bits per heavy atom. The summed E-state index contributed by atoms with van der Waals surface area (Å²) in [4.78, 5) is 8.62. The van der Waals surface area contributed by atoms with Gasteiger partial charge in [0.05, 0.1) is 17.3 Å². The summed E-state index contributed by atoms with van der Waals surface area (Å²) in [5, 5.41) is 8.41. The predicted octanol–water partition coefficient (Wildman–Crippen LogP) is 4.26. The summed E-state index contributed by atoms with van der Waals surface area (Å²) in [5.74, 6) is 0.349. The molecule has 0 aliphatic heterocycles. The third-order valence-corrected chi connectivity index (χ3v) is 4.04. The normalized spacial score (nSPS) is 11.0. The van der Waals surface area contributed by atoms with E-state index in [-0.39, 0.29) is 5.82 Å². The second kappa shape index (κ2) is 6.32. The van der Waals surface area contributed by atoms with Crippen molar-refractivity contribution in [2.75, 3.05) is 5.32 Å². The van der Waals surface area contributed by atoms with Gasteiger partial charge in [-0.3, -0.25) is 0 Å². The van der Waals surface area contributed by atoms with Crippen molar-refractivity contribution < 1.29 is 4.39 Å². The first-order valence-electron chi connectivity index (χ1n) is 8.05. The monoisotopic (exact) mass is 333 g/mol. The number of hydrogen-bond acceptors (Lipinski definition) is 4. The third kappa shape index (κ3) is 2.94. The molecular formula is C19H16FN5. The minimum absolute atomic E-state index is 0.315. The minimum atomic E-state index is -0.315. The molecule has 0 atom stereocenters. The van der Waals surface area contributed by atoms with Crippen LogP contribution in [0.2, 0.25) is 0 Å². The SMILES string of the molecule is CCc1ccc(Nc2ncnc3c2cnn3-c2cccc(F)c2)cc1. The zero-order chi connectivity index (χ0) is 17.2. The molecule has 0 saturated heterocycles. The van der Waals surface area contributed by atoms with Crippen molar-refractivity contribution in [2.45, 2.75) is 13.3 Å². The van der Waals surface area contributed by atoms with E-state index in [1.807, 2.05) is 12.1 Å². The molecule has 0 unspecified atom stereocenters. The van der Waals surface area contributed by atoms with Gasteiger partial charge in [-0.25, -0.2) is 19.0 Å². The largest absolute Gasteiger partial charge is 0.340 e. The lowest BCUT2D eigenvalue weighted by atomic mass is 10.1. The molecule has 0 aliphatic carbocycles. The van der Waals surface area contributed by atoms with E-state index >= 15 is 0 Å². The maximum absolute atomic E-state index is 13.5. The van der Waals surface area contributed by atoms with Gasteiger partial charge in [0.2, 0.25) is 0 Å². The summed E-state index contributed by atoms with van der Waals surface area (Å²) in [6, 6.07) is 14.4. The van der Waals surface area contributed by atoms with Crippen LogP contribution in [0.15, 0.2) is 61.1 Å². The highest BCUT2D eigenvalue weighted by molar-refractivity contribution is 5.89. The lowest BCUT2D eigenvalue weighted by molar-refractivity contribution is 0.625. The molecule has 5 nitrogen and oxygen atoms in total. The van der Waals surface area contributed by atoms with Crippen LogP contribution < -0.4 is 5.32 Å². The zero-order valence-corrected chi connectivity index (χ0v) is 13.6. The van der Waals surface area contributed by atoms with Crippen LogP contribution >= 0.6 is 0 Å². The van der Waals surface area contributed by atoms with Crippen molar-refractivity contribution in [1.29, 1.82) is 0 Å². The molecule has 2 aromatic carbocycles. The number of aromatic nitrogens is 4. The number of rotatable bonds is 4. The lowest BCUT2D eigenvalue weighted by Crippen LogP contribution is -2.00. The zero-order valence-electron chi connectivity index (χ0n) is 13.6. The van der Waals surface area contributed by atoms with Gasteiger partial charge < -0.3 is 5.32 Å². The fourth-order valence-corrected chi connectivity index (χ4v) is 2.70. The standard InChI is InChI=1S/C19H16FN5/c1-2-13-6-8-15(9-7-13)24-18-17-11-23-25(19(17)22-12-21-18)16-5-3-4-14(20)10-16/h3-12H,2H2,1H3,(H,21,22,24). The maximum atomic E-state index is 13.5. The van der Waals surface area contributed by atoms with Crippen LogP contribution in [0.1, 0.15) is 12.5 Å². The van der Waals surface area contributed by atoms with Gasteiger partial charge in [0.1, 0.15) is 18.0 Å². The molecule has 6 heteroatoms. The van der Waals surface area contributed by atoms with Gasteiger partial charge in [-0.2, -0.15) is 5.10 Å². The summed E-state index contributed by atoms with van der Waals surface area (Å²) in [7, 11) is 0. The van der Waals surface area contributed by atoms with Crippen LogP contribution in [0, 0.1) is 5.82 Å². The second-order valence-corrected chi connectivity index (χ2v) is 5.67. The maximum Gasteiger partial charge on any atom is 0.168 e. The Morgan fingerprint density at radius 1 is 1.08 bits per heavy atom. The van der Waals surface area contributed by atoms with E-state index in [0.29, 0.717) is 17.2 Å². The molecule has 0 spiro atoms. The van der Waals surface area contributed by atoms with Gasteiger partial charge in [-0.15, -0.1) is 0 Å². The van der Waals surface area contributed by atoms with Crippen molar-refractivity contribution >= 4 is 22.5 Å². The number of halogens is 1. The summed E-state index contributed by atoms with van der Waals surface area (Å²) in [5.41, 5.74) is 3.45. The quantitative estimate of drug-likeness (QED) is 0.606. The van der Waals surface area contributed by atoms with Crippen molar-refractivity contribution in [2.24, 2.45) is 0 Å². The van der Waals surface area contributed by atoms with Crippen molar-refractivity contribution in [3.05, 3.63) is 72.4 Å². The van der Waals surface area contributed by atoms with Gasteiger partial charge in [-0.05, 0) is 42.3 Å². The van der Waals surface area contributed by atoms with Crippen molar-refractivity contribution in [1.82, 2.24) is 19.7 Å². The van der Waals surface area contributed by atoms with E-state index < -0.39 is 0 Å². The average Bonchev–Trinajstić information content (AvgIpc) is 3.07. The molecule has 1 N–H and O–H groups in total. The molecule has 2 heterocycles. The van der Waals surface area contributed by atoms with Crippen LogP contribution in [0.5, 0.6) is 0 Å². The summed E-state index contributed by atoms with van der Waals surface area (Å²) >= 11 is 0. The molecule has 0 fully saturated rings. The highest BCUT2D eigenvalue weighted by Crippen LogP contribution is 2.25.